The lowest BCUT2D eigenvalue weighted by Crippen LogP contribution is -2.28. The molecule has 70 valence electrons. The first-order chi connectivity index (χ1) is 6.18. The summed E-state index contributed by atoms with van der Waals surface area (Å²) in [6, 6.07) is 3.29. The first-order valence-corrected chi connectivity index (χ1v) is 4.43. The van der Waals surface area contributed by atoms with Crippen LogP contribution in [0.4, 0.5) is 4.39 Å². The van der Waals surface area contributed by atoms with Crippen LogP contribution in [0.15, 0.2) is 12.1 Å². The van der Waals surface area contributed by atoms with Crippen molar-refractivity contribution in [1.29, 1.82) is 0 Å². The maximum absolute atomic E-state index is 13.3. The number of phenols is 1. The third-order valence-corrected chi connectivity index (χ3v) is 2.57. The van der Waals surface area contributed by atoms with Gasteiger partial charge < -0.3 is 10.8 Å². The van der Waals surface area contributed by atoms with Crippen molar-refractivity contribution < 1.29 is 9.50 Å². The van der Waals surface area contributed by atoms with Crippen LogP contribution >= 0.6 is 0 Å². The molecule has 2 nitrogen and oxygen atoms in total. The maximum Gasteiger partial charge on any atom is 0.168 e. The molecule has 0 bridgehead atoms. The third-order valence-electron chi connectivity index (χ3n) is 2.57. The molecule has 0 aromatic heterocycles. The largest absolute Gasteiger partial charge is 0.505 e. The van der Waals surface area contributed by atoms with E-state index < -0.39 is 5.82 Å². The van der Waals surface area contributed by atoms with Crippen molar-refractivity contribution in [3.63, 3.8) is 0 Å². The van der Waals surface area contributed by atoms with Crippen LogP contribution in [0.2, 0.25) is 0 Å². The van der Waals surface area contributed by atoms with Crippen LogP contribution in [0.5, 0.6) is 5.75 Å². The number of halogens is 1. The standard InChI is InChI=1S/C10H12FNO/c11-10-8-3-2-7(12)5-6(8)1-4-9(10)13/h1,4,7,13H,2-3,5,12H2. The van der Waals surface area contributed by atoms with E-state index in [1.165, 1.54) is 6.07 Å². The number of fused-ring (bicyclic) bond motifs is 1. The van der Waals surface area contributed by atoms with E-state index in [0.717, 1.165) is 12.0 Å². The van der Waals surface area contributed by atoms with E-state index in [2.05, 4.69) is 0 Å². The average molecular weight is 181 g/mol. The second-order valence-corrected chi connectivity index (χ2v) is 3.54. The molecule has 0 radical (unpaired) electrons. The van der Waals surface area contributed by atoms with Crippen LogP contribution in [0.3, 0.4) is 0 Å². The Morgan fingerprint density at radius 2 is 2.23 bits per heavy atom. The van der Waals surface area contributed by atoms with Crippen molar-refractivity contribution in [2.75, 3.05) is 0 Å². The Bertz CT molecular complexity index is 338. The molecule has 1 aliphatic carbocycles. The van der Waals surface area contributed by atoms with Crippen LogP contribution in [-0.2, 0) is 12.8 Å². The van der Waals surface area contributed by atoms with Gasteiger partial charge in [-0.15, -0.1) is 0 Å². The van der Waals surface area contributed by atoms with Gasteiger partial charge in [-0.05, 0) is 36.5 Å². The third kappa shape index (κ3) is 1.40. The highest BCUT2D eigenvalue weighted by Crippen LogP contribution is 2.28. The summed E-state index contributed by atoms with van der Waals surface area (Å²) in [7, 11) is 0. The number of benzene rings is 1. The van der Waals surface area contributed by atoms with E-state index in [0.29, 0.717) is 18.4 Å². The molecule has 0 fully saturated rings. The topological polar surface area (TPSA) is 46.2 Å². The van der Waals surface area contributed by atoms with Gasteiger partial charge in [0.1, 0.15) is 0 Å². The van der Waals surface area contributed by atoms with Gasteiger partial charge in [0.25, 0.3) is 0 Å². The molecule has 2 rings (SSSR count). The zero-order chi connectivity index (χ0) is 9.42. The minimum atomic E-state index is -0.468. The first-order valence-electron chi connectivity index (χ1n) is 4.43. The van der Waals surface area contributed by atoms with Gasteiger partial charge in [0, 0.05) is 6.04 Å². The summed E-state index contributed by atoms with van der Waals surface area (Å²) >= 11 is 0. The molecule has 13 heavy (non-hydrogen) atoms. The zero-order valence-corrected chi connectivity index (χ0v) is 7.26. The SMILES string of the molecule is NC1CCc2c(ccc(O)c2F)C1. The summed E-state index contributed by atoms with van der Waals surface area (Å²) in [5, 5.41) is 9.13. The zero-order valence-electron chi connectivity index (χ0n) is 7.26. The van der Waals surface area contributed by atoms with Crippen molar-refractivity contribution in [3.8, 4) is 5.75 Å². The summed E-state index contributed by atoms with van der Waals surface area (Å²) in [5.74, 6) is -0.723. The van der Waals surface area contributed by atoms with Crippen molar-refractivity contribution in [2.24, 2.45) is 5.73 Å². The molecule has 0 aliphatic heterocycles. The van der Waals surface area contributed by atoms with E-state index in [9.17, 15) is 4.39 Å². The summed E-state index contributed by atoms with van der Waals surface area (Å²) in [6.07, 6.45) is 2.15. The van der Waals surface area contributed by atoms with E-state index in [1.807, 2.05) is 0 Å². The fourth-order valence-corrected chi connectivity index (χ4v) is 1.82. The predicted molar refractivity (Wildman–Crippen MR) is 48.1 cm³/mol. The molecule has 1 aromatic carbocycles. The second-order valence-electron chi connectivity index (χ2n) is 3.54. The molecule has 0 saturated carbocycles. The van der Waals surface area contributed by atoms with Crippen molar-refractivity contribution in [3.05, 3.63) is 29.1 Å². The first kappa shape index (κ1) is 8.51. The fourth-order valence-electron chi connectivity index (χ4n) is 1.82. The van der Waals surface area contributed by atoms with Crippen LogP contribution in [0.1, 0.15) is 17.5 Å². The smallest absolute Gasteiger partial charge is 0.168 e. The summed E-state index contributed by atoms with van der Waals surface area (Å²) in [4.78, 5) is 0. The van der Waals surface area contributed by atoms with E-state index >= 15 is 0 Å². The molecule has 0 heterocycles. The van der Waals surface area contributed by atoms with E-state index in [1.54, 1.807) is 6.07 Å². The van der Waals surface area contributed by atoms with E-state index in [4.69, 9.17) is 10.8 Å². The van der Waals surface area contributed by atoms with Gasteiger partial charge in [-0.25, -0.2) is 4.39 Å². The molecule has 3 N–H and O–H groups in total. The normalized spacial score (nSPS) is 21.2. The number of hydrogen-bond donors (Lipinski definition) is 2. The van der Waals surface area contributed by atoms with Crippen molar-refractivity contribution in [1.82, 2.24) is 0 Å². The lowest BCUT2D eigenvalue weighted by Gasteiger charge is -2.21. The molecule has 0 spiro atoms. The number of phenolic OH excluding ortho intramolecular Hbond substituents is 1. The molecule has 1 unspecified atom stereocenters. The molecule has 3 heteroatoms. The number of rotatable bonds is 0. The Morgan fingerprint density at radius 1 is 1.46 bits per heavy atom. The summed E-state index contributed by atoms with van der Waals surface area (Å²) < 4.78 is 13.3. The summed E-state index contributed by atoms with van der Waals surface area (Å²) in [6.45, 7) is 0. The van der Waals surface area contributed by atoms with Crippen LogP contribution < -0.4 is 5.73 Å². The Kier molecular flexibility index (Phi) is 1.96. The number of aromatic hydroxyl groups is 1. The van der Waals surface area contributed by atoms with Gasteiger partial charge in [0.05, 0.1) is 0 Å². The molecular formula is C10H12FNO. The summed E-state index contributed by atoms with van der Waals surface area (Å²) in [5.41, 5.74) is 7.33. The second kappa shape index (κ2) is 3.00. The van der Waals surface area contributed by atoms with Crippen LogP contribution in [0, 0.1) is 5.82 Å². The van der Waals surface area contributed by atoms with Gasteiger partial charge in [0.2, 0.25) is 0 Å². The molecule has 1 aliphatic rings. The van der Waals surface area contributed by atoms with Gasteiger partial charge in [0.15, 0.2) is 11.6 Å². The Morgan fingerprint density at radius 3 is 3.00 bits per heavy atom. The number of hydrogen-bond acceptors (Lipinski definition) is 2. The van der Waals surface area contributed by atoms with Gasteiger partial charge in [-0.3, -0.25) is 0 Å². The molecule has 0 amide bonds. The van der Waals surface area contributed by atoms with Crippen LogP contribution in [0.25, 0.3) is 0 Å². The van der Waals surface area contributed by atoms with Crippen molar-refractivity contribution >= 4 is 0 Å². The molecular weight excluding hydrogens is 169 g/mol. The lowest BCUT2D eigenvalue weighted by atomic mass is 9.88. The molecule has 1 atom stereocenters. The maximum atomic E-state index is 13.3. The number of nitrogens with two attached hydrogens (primary N) is 1. The highest BCUT2D eigenvalue weighted by atomic mass is 19.1. The molecule has 1 aromatic rings. The fraction of sp³-hybridized carbons (Fsp3) is 0.400. The van der Waals surface area contributed by atoms with Gasteiger partial charge in [-0.2, -0.15) is 0 Å². The van der Waals surface area contributed by atoms with Gasteiger partial charge >= 0.3 is 0 Å². The minimum Gasteiger partial charge on any atom is -0.505 e. The van der Waals surface area contributed by atoms with Crippen LogP contribution in [-0.4, -0.2) is 11.1 Å². The highest BCUT2D eigenvalue weighted by molar-refractivity contribution is 5.38. The Labute approximate surface area is 76.2 Å². The quantitative estimate of drug-likeness (QED) is 0.634. The minimum absolute atomic E-state index is 0.136. The molecule has 0 saturated heterocycles. The predicted octanol–water partition coefficient (Wildman–Crippen LogP) is 1.35. The van der Waals surface area contributed by atoms with Gasteiger partial charge in [-0.1, -0.05) is 6.07 Å². The monoisotopic (exact) mass is 181 g/mol. The lowest BCUT2D eigenvalue weighted by molar-refractivity contribution is 0.422. The van der Waals surface area contributed by atoms with E-state index in [-0.39, 0.29) is 11.8 Å². The Balaban J connectivity index is 2.47. The van der Waals surface area contributed by atoms with Crippen molar-refractivity contribution in [2.45, 2.75) is 25.3 Å². The highest BCUT2D eigenvalue weighted by Gasteiger charge is 2.20. The Hall–Kier alpha value is -1.09. The average Bonchev–Trinajstić information content (AvgIpc) is 2.12.